The number of pyridine rings is 2. The zero-order chi connectivity index (χ0) is 25.6. The second-order valence-corrected chi connectivity index (χ2v) is 11.2. The third kappa shape index (κ3) is 6.27. The maximum absolute atomic E-state index is 13.6. The van der Waals surface area contributed by atoms with Crippen molar-refractivity contribution in [2.45, 2.75) is 62.4 Å². The Morgan fingerprint density at radius 3 is 2.50 bits per heavy atom. The zero-order valence-corrected chi connectivity index (χ0v) is 21.2. The Morgan fingerprint density at radius 1 is 1.08 bits per heavy atom. The molecule has 1 aliphatic rings. The molecule has 0 bridgehead atoms. The number of hydrogen-bond acceptors (Lipinski definition) is 6. The smallest absolute Gasteiger partial charge is 0.322 e. The molecule has 3 aromatic rings. The lowest BCUT2D eigenvalue weighted by Gasteiger charge is -2.23. The minimum atomic E-state index is -3.86. The van der Waals surface area contributed by atoms with Crippen LogP contribution in [-0.4, -0.2) is 40.3 Å². The summed E-state index contributed by atoms with van der Waals surface area (Å²) in [6.45, 7) is 2.14. The topological polar surface area (TPSA) is 112 Å². The zero-order valence-electron chi connectivity index (χ0n) is 20.4. The van der Waals surface area contributed by atoms with Gasteiger partial charge in [0.15, 0.2) is 0 Å². The Morgan fingerprint density at radius 2 is 1.86 bits per heavy atom. The van der Waals surface area contributed by atoms with Crippen LogP contribution in [0.25, 0.3) is 0 Å². The summed E-state index contributed by atoms with van der Waals surface area (Å²) in [5, 5.41) is 11.6. The highest BCUT2D eigenvalue weighted by atomic mass is 32.2. The van der Waals surface area contributed by atoms with Crippen LogP contribution in [0.2, 0.25) is 0 Å². The molecule has 36 heavy (non-hydrogen) atoms. The summed E-state index contributed by atoms with van der Waals surface area (Å²) >= 11 is 0. The molecule has 1 aromatic carbocycles. The number of hydrogen-bond donors (Lipinski definition) is 2. The summed E-state index contributed by atoms with van der Waals surface area (Å²) in [4.78, 5) is 19.4. The van der Waals surface area contributed by atoms with Gasteiger partial charge >= 0.3 is 5.97 Å². The number of nitrogens with one attached hydrogen (secondary N) is 1. The Bertz CT molecular complexity index is 1280. The van der Waals surface area contributed by atoms with Crippen LogP contribution >= 0.6 is 0 Å². The summed E-state index contributed by atoms with van der Waals surface area (Å²) in [6, 6.07) is 16.5. The number of sulfonamides is 1. The first kappa shape index (κ1) is 25.8. The lowest BCUT2D eigenvalue weighted by Crippen LogP contribution is -2.31. The number of aromatic nitrogens is 2. The minimum Gasteiger partial charge on any atom is -0.480 e. The Hall–Kier alpha value is -3.30. The predicted molar refractivity (Wildman–Crippen MR) is 138 cm³/mol. The van der Waals surface area contributed by atoms with Crippen LogP contribution in [0, 0.1) is 0 Å². The molecule has 190 valence electrons. The Kier molecular flexibility index (Phi) is 8.01. The summed E-state index contributed by atoms with van der Waals surface area (Å²) < 4.78 is 28.5. The Labute approximate surface area is 212 Å². The van der Waals surface area contributed by atoms with Gasteiger partial charge in [-0.15, -0.1) is 0 Å². The quantitative estimate of drug-likeness (QED) is 0.347. The maximum atomic E-state index is 13.6. The number of carboxylic acids is 1. The van der Waals surface area contributed by atoms with Gasteiger partial charge in [0.05, 0.1) is 12.2 Å². The van der Waals surface area contributed by atoms with Crippen LogP contribution in [0.4, 0.5) is 5.82 Å². The van der Waals surface area contributed by atoms with Crippen LogP contribution in [0.15, 0.2) is 71.9 Å². The fraction of sp³-hybridized carbons (Fsp3) is 0.370. The van der Waals surface area contributed by atoms with E-state index in [1.165, 1.54) is 60.4 Å². The highest BCUT2D eigenvalue weighted by Gasteiger charge is 2.43. The molecule has 1 saturated carbocycles. The number of nitrogens with zero attached hydrogens (tertiary/aromatic N) is 3. The molecular weight excluding hydrogens is 476 g/mol. The van der Waals surface area contributed by atoms with E-state index in [-0.39, 0.29) is 24.5 Å². The fourth-order valence-corrected chi connectivity index (χ4v) is 5.77. The molecule has 0 saturated heterocycles. The molecule has 0 unspecified atom stereocenters. The number of anilines is 1. The SMILES string of the molecule is CCCCC1(c2ccc(CN(Cc3cccc(NCC(=O)O)n3)S(=O)(=O)c3cccnc3)cc2)CC1. The normalized spacial score (nSPS) is 14.5. The molecule has 4 rings (SSSR count). The molecule has 0 atom stereocenters. The molecular formula is C27H32N4O4S. The maximum Gasteiger partial charge on any atom is 0.322 e. The van der Waals surface area contributed by atoms with Crippen molar-refractivity contribution in [1.82, 2.24) is 14.3 Å². The summed E-state index contributed by atoms with van der Waals surface area (Å²) in [6.07, 6.45) is 8.90. The molecule has 2 heterocycles. The fourth-order valence-electron chi connectivity index (χ4n) is 4.40. The van der Waals surface area contributed by atoms with E-state index >= 15 is 0 Å². The van der Waals surface area contributed by atoms with Gasteiger partial charge in [0, 0.05) is 18.9 Å². The van der Waals surface area contributed by atoms with Crippen molar-refractivity contribution >= 4 is 21.8 Å². The summed E-state index contributed by atoms with van der Waals surface area (Å²) in [5.74, 6) is -0.631. The van der Waals surface area contributed by atoms with E-state index in [1.54, 1.807) is 24.3 Å². The number of unbranched alkanes of at least 4 members (excludes halogenated alkanes) is 1. The van der Waals surface area contributed by atoms with Crippen LogP contribution in [-0.2, 0) is 33.3 Å². The van der Waals surface area contributed by atoms with Gasteiger partial charge in [0.25, 0.3) is 0 Å². The molecule has 1 aliphatic carbocycles. The van der Waals surface area contributed by atoms with Gasteiger partial charge in [-0.05, 0) is 60.1 Å². The van der Waals surface area contributed by atoms with E-state index < -0.39 is 16.0 Å². The van der Waals surface area contributed by atoms with Crippen molar-refractivity contribution in [2.75, 3.05) is 11.9 Å². The first-order valence-electron chi connectivity index (χ1n) is 12.2. The van der Waals surface area contributed by atoms with Crippen LogP contribution < -0.4 is 5.32 Å². The number of carbonyl (C=O) groups is 1. The first-order valence-corrected chi connectivity index (χ1v) is 13.7. The van der Waals surface area contributed by atoms with Crippen LogP contribution in [0.3, 0.4) is 0 Å². The average Bonchev–Trinajstić information content (AvgIpc) is 3.68. The van der Waals surface area contributed by atoms with Crippen molar-refractivity contribution in [3.63, 3.8) is 0 Å². The summed E-state index contributed by atoms with van der Waals surface area (Å²) in [7, 11) is -3.86. The predicted octanol–water partition coefficient (Wildman–Crippen LogP) is 4.59. The van der Waals surface area contributed by atoms with E-state index in [9.17, 15) is 13.2 Å². The van der Waals surface area contributed by atoms with Crippen molar-refractivity contribution in [3.05, 3.63) is 83.8 Å². The summed E-state index contributed by atoms with van der Waals surface area (Å²) in [5.41, 5.74) is 3.02. The van der Waals surface area contributed by atoms with Crippen molar-refractivity contribution in [3.8, 4) is 0 Å². The number of carboxylic acid groups (broad SMARTS) is 1. The molecule has 1 fully saturated rings. The molecule has 0 amide bonds. The number of aliphatic carboxylic acids is 1. The lowest BCUT2D eigenvalue weighted by molar-refractivity contribution is -0.134. The van der Waals surface area contributed by atoms with Gasteiger partial charge in [0.1, 0.15) is 17.3 Å². The van der Waals surface area contributed by atoms with Crippen molar-refractivity contribution in [2.24, 2.45) is 0 Å². The third-order valence-electron chi connectivity index (χ3n) is 6.63. The third-order valence-corrected chi connectivity index (χ3v) is 8.40. The molecule has 2 aromatic heterocycles. The molecule has 9 heteroatoms. The molecule has 0 aliphatic heterocycles. The van der Waals surface area contributed by atoms with Crippen LogP contribution in [0.1, 0.15) is 55.8 Å². The van der Waals surface area contributed by atoms with Gasteiger partial charge in [-0.2, -0.15) is 4.31 Å². The molecule has 0 radical (unpaired) electrons. The van der Waals surface area contributed by atoms with Gasteiger partial charge in [-0.3, -0.25) is 9.78 Å². The van der Waals surface area contributed by atoms with E-state index in [1.807, 2.05) is 12.1 Å². The number of benzene rings is 1. The first-order chi connectivity index (χ1) is 17.3. The molecule has 8 nitrogen and oxygen atoms in total. The van der Waals surface area contributed by atoms with Gasteiger partial charge < -0.3 is 10.4 Å². The minimum absolute atomic E-state index is 0.0298. The largest absolute Gasteiger partial charge is 0.480 e. The highest BCUT2D eigenvalue weighted by molar-refractivity contribution is 7.89. The van der Waals surface area contributed by atoms with Gasteiger partial charge in [0.2, 0.25) is 10.0 Å². The molecule has 2 N–H and O–H groups in total. The lowest BCUT2D eigenvalue weighted by atomic mass is 9.90. The highest BCUT2D eigenvalue weighted by Crippen LogP contribution is 2.52. The monoisotopic (exact) mass is 508 g/mol. The van der Waals surface area contributed by atoms with Gasteiger partial charge in [-0.1, -0.05) is 50.1 Å². The van der Waals surface area contributed by atoms with Crippen molar-refractivity contribution in [1.29, 1.82) is 0 Å². The van der Waals surface area contributed by atoms with E-state index in [0.29, 0.717) is 16.9 Å². The van der Waals surface area contributed by atoms with Crippen molar-refractivity contribution < 1.29 is 18.3 Å². The van der Waals surface area contributed by atoms with Gasteiger partial charge in [-0.25, -0.2) is 13.4 Å². The van der Waals surface area contributed by atoms with E-state index in [0.717, 1.165) is 5.56 Å². The van der Waals surface area contributed by atoms with Crippen LogP contribution in [0.5, 0.6) is 0 Å². The average molecular weight is 509 g/mol. The number of rotatable bonds is 13. The standard InChI is InChI=1S/C27H32N4O4S/c1-2-3-13-27(14-15-27)22-11-9-21(10-12-22)19-31(36(34,35)24-7-5-16-28-17-24)20-23-6-4-8-25(30-23)29-18-26(32)33/h4-12,16-17H,2-3,13-15,18-20H2,1H3,(H,29,30)(H,32,33). The Balaban J connectivity index is 1.58. The second-order valence-electron chi connectivity index (χ2n) is 9.30. The van der Waals surface area contributed by atoms with E-state index in [2.05, 4.69) is 34.3 Å². The van der Waals surface area contributed by atoms with E-state index in [4.69, 9.17) is 5.11 Å². The molecule has 0 spiro atoms. The second kappa shape index (κ2) is 11.2.